The van der Waals surface area contributed by atoms with Gasteiger partial charge in [-0.3, -0.25) is 0 Å². The molecule has 0 saturated carbocycles. The topological polar surface area (TPSA) is 59.1 Å². The van der Waals surface area contributed by atoms with Crippen molar-refractivity contribution in [3.8, 4) is 5.75 Å². The van der Waals surface area contributed by atoms with E-state index in [9.17, 15) is 0 Å². The number of hydrogen-bond donors (Lipinski definition) is 2. The summed E-state index contributed by atoms with van der Waals surface area (Å²) in [5.41, 5.74) is 5.25. The summed E-state index contributed by atoms with van der Waals surface area (Å²) >= 11 is 0. The molecule has 3 rings (SSSR count). The van der Waals surface area contributed by atoms with Crippen molar-refractivity contribution in [3.05, 3.63) is 65.4 Å². The molecule has 0 aliphatic heterocycles. The van der Waals surface area contributed by atoms with E-state index in [2.05, 4.69) is 52.6 Å². The molecule has 2 aromatic carbocycles. The van der Waals surface area contributed by atoms with Gasteiger partial charge in [-0.1, -0.05) is 6.07 Å². The molecule has 1 aromatic heterocycles. The summed E-state index contributed by atoms with van der Waals surface area (Å²) in [6.45, 7) is 8.75. The van der Waals surface area contributed by atoms with Crippen LogP contribution in [0.5, 0.6) is 5.75 Å². The van der Waals surface area contributed by atoms with Gasteiger partial charge >= 0.3 is 0 Å². The zero-order valence-electron chi connectivity index (χ0n) is 15.6. The van der Waals surface area contributed by atoms with Crippen LogP contribution in [0.3, 0.4) is 0 Å². The van der Waals surface area contributed by atoms with Crippen LogP contribution in [0.2, 0.25) is 0 Å². The first-order chi connectivity index (χ1) is 12.5. The minimum absolute atomic E-state index is 0.557. The minimum Gasteiger partial charge on any atom is -0.494 e. The van der Waals surface area contributed by atoms with Crippen molar-refractivity contribution < 1.29 is 4.74 Å². The van der Waals surface area contributed by atoms with Crippen molar-refractivity contribution >= 4 is 23.1 Å². The Hall–Kier alpha value is -3.08. The Labute approximate surface area is 154 Å². The lowest BCUT2D eigenvalue weighted by Gasteiger charge is -2.11. The van der Waals surface area contributed by atoms with Gasteiger partial charge in [-0.05, 0) is 75.2 Å². The second kappa shape index (κ2) is 7.87. The number of rotatable bonds is 6. The van der Waals surface area contributed by atoms with Crippen molar-refractivity contribution in [1.82, 2.24) is 9.97 Å². The molecule has 0 atom stereocenters. The zero-order valence-corrected chi connectivity index (χ0v) is 15.6. The predicted molar refractivity (Wildman–Crippen MR) is 107 cm³/mol. The molecule has 0 fully saturated rings. The van der Waals surface area contributed by atoms with E-state index < -0.39 is 0 Å². The maximum atomic E-state index is 5.47. The maximum absolute atomic E-state index is 5.47. The molecule has 0 saturated heterocycles. The summed E-state index contributed by atoms with van der Waals surface area (Å²) < 4.78 is 5.47. The number of aromatic nitrogens is 2. The number of benzene rings is 2. The standard InChI is InChI=1S/C21H24N4O/c1-5-26-19-8-6-17(7-9-19)24-21-22-16(4)13-20(25-21)23-18-11-14(2)10-15(3)12-18/h6-13H,5H2,1-4H3,(H2,22,23,24,25). The molecule has 0 unspecified atom stereocenters. The van der Waals surface area contributed by atoms with E-state index in [0.717, 1.165) is 28.6 Å². The summed E-state index contributed by atoms with van der Waals surface area (Å²) in [7, 11) is 0. The van der Waals surface area contributed by atoms with Crippen LogP contribution < -0.4 is 15.4 Å². The lowest BCUT2D eigenvalue weighted by atomic mass is 10.1. The molecular formula is C21H24N4O. The van der Waals surface area contributed by atoms with Crippen molar-refractivity contribution in [3.63, 3.8) is 0 Å². The van der Waals surface area contributed by atoms with E-state index in [4.69, 9.17) is 4.74 Å². The van der Waals surface area contributed by atoms with E-state index >= 15 is 0 Å². The maximum Gasteiger partial charge on any atom is 0.229 e. The minimum atomic E-state index is 0.557. The van der Waals surface area contributed by atoms with Gasteiger partial charge in [-0.25, -0.2) is 4.98 Å². The van der Waals surface area contributed by atoms with E-state index in [1.54, 1.807) is 0 Å². The summed E-state index contributed by atoms with van der Waals surface area (Å²) in [5, 5.41) is 6.61. The smallest absolute Gasteiger partial charge is 0.229 e. The molecule has 0 aliphatic rings. The SMILES string of the molecule is CCOc1ccc(Nc2nc(C)cc(Nc3cc(C)cc(C)c3)n2)cc1. The molecule has 0 amide bonds. The Balaban J connectivity index is 1.78. The van der Waals surface area contributed by atoms with Gasteiger partial charge in [0.1, 0.15) is 11.6 Å². The number of nitrogens with one attached hydrogen (secondary N) is 2. The Morgan fingerprint density at radius 1 is 0.808 bits per heavy atom. The first kappa shape index (κ1) is 17.7. The highest BCUT2D eigenvalue weighted by molar-refractivity contribution is 5.61. The summed E-state index contributed by atoms with van der Waals surface area (Å²) in [5.74, 6) is 2.16. The number of aryl methyl sites for hydroxylation is 3. The Morgan fingerprint density at radius 2 is 1.50 bits per heavy atom. The fourth-order valence-electron chi connectivity index (χ4n) is 2.81. The Kier molecular flexibility index (Phi) is 5.37. The van der Waals surface area contributed by atoms with Crippen molar-refractivity contribution in [2.45, 2.75) is 27.7 Å². The third kappa shape index (κ3) is 4.72. The normalized spacial score (nSPS) is 10.5. The molecule has 0 spiro atoms. The molecule has 5 nitrogen and oxygen atoms in total. The van der Waals surface area contributed by atoms with E-state index in [1.807, 2.05) is 44.2 Å². The van der Waals surface area contributed by atoms with E-state index in [0.29, 0.717) is 12.6 Å². The van der Waals surface area contributed by atoms with Gasteiger partial charge in [0.25, 0.3) is 0 Å². The van der Waals surface area contributed by atoms with E-state index in [-0.39, 0.29) is 0 Å². The van der Waals surface area contributed by atoms with Gasteiger partial charge in [0.2, 0.25) is 5.95 Å². The van der Waals surface area contributed by atoms with Gasteiger partial charge in [-0.2, -0.15) is 4.98 Å². The first-order valence-corrected chi connectivity index (χ1v) is 8.73. The lowest BCUT2D eigenvalue weighted by Crippen LogP contribution is -2.02. The van der Waals surface area contributed by atoms with Gasteiger partial charge < -0.3 is 15.4 Å². The highest BCUT2D eigenvalue weighted by Gasteiger charge is 2.05. The number of ether oxygens (including phenoxy) is 1. The fraction of sp³-hybridized carbons (Fsp3) is 0.238. The van der Waals surface area contributed by atoms with Crippen LogP contribution >= 0.6 is 0 Å². The average Bonchev–Trinajstić information content (AvgIpc) is 2.55. The number of hydrogen-bond acceptors (Lipinski definition) is 5. The van der Waals surface area contributed by atoms with Gasteiger partial charge in [-0.15, -0.1) is 0 Å². The lowest BCUT2D eigenvalue weighted by molar-refractivity contribution is 0.340. The Morgan fingerprint density at radius 3 is 2.15 bits per heavy atom. The van der Waals surface area contributed by atoms with Gasteiger partial charge in [0, 0.05) is 23.1 Å². The van der Waals surface area contributed by atoms with Crippen LogP contribution in [0.1, 0.15) is 23.7 Å². The molecule has 2 N–H and O–H groups in total. The summed E-state index contributed by atoms with van der Waals surface area (Å²) in [6.07, 6.45) is 0. The Bertz CT molecular complexity index is 871. The zero-order chi connectivity index (χ0) is 18.5. The van der Waals surface area contributed by atoms with Gasteiger partial charge in [0.15, 0.2) is 0 Å². The second-order valence-corrected chi connectivity index (χ2v) is 6.30. The quantitative estimate of drug-likeness (QED) is 0.634. The van der Waals surface area contributed by atoms with Crippen molar-refractivity contribution in [1.29, 1.82) is 0 Å². The molecule has 26 heavy (non-hydrogen) atoms. The fourth-order valence-corrected chi connectivity index (χ4v) is 2.81. The second-order valence-electron chi connectivity index (χ2n) is 6.30. The van der Waals surface area contributed by atoms with Crippen LogP contribution in [0.25, 0.3) is 0 Å². The van der Waals surface area contributed by atoms with Crippen LogP contribution in [0.15, 0.2) is 48.5 Å². The molecule has 0 aliphatic carbocycles. The van der Waals surface area contributed by atoms with Crippen molar-refractivity contribution in [2.75, 3.05) is 17.2 Å². The molecule has 3 aromatic rings. The molecule has 1 heterocycles. The molecular weight excluding hydrogens is 324 g/mol. The largest absolute Gasteiger partial charge is 0.494 e. The van der Waals surface area contributed by atoms with Crippen LogP contribution in [0.4, 0.5) is 23.1 Å². The summed E-state index contributed by atoms with van der Waals surface area (Å²) in [4.78, 5) is 9.05. The number of nitrogens with zero attached hydrogens (tertiary/aromatic N) is 2. The highest BCUT2D eigenvalue weighted by atomic mass is 16.5. The van der Waals surface area contributed by atoms with Gasteiger partial charge in [0.05, 0.1) is 6.61 Å². The van der Waals surface area contributed by atoms with Crippen LogP contribution in [-0.4, -0.2) is 16.6 Å². The highest BCUT2D eigenvalue weighted by Crippen LogP contribution is 2.22. The van der Waals surface area contributed by atoms with Crippen LogP contribution in [-0.2, 0) is 0 Å². The van der Waals surface area contributed by atoms with E-state index in [1.165, 1.54) is 11.1 Å². The molecule has 5 heteroatoms. The van der Waals surface area contributed by atoms with Crippen molar-refractivity contribution in [2.24, 2.45) is 0 Å². The third-order valence-corrected chi connectivity index (χ3v) is 3.77. The molecule has 134 valence electrons. The summed E-state index contributed by atoms with van der Waals surface area (Å²) in [6, 6.07) is 16.0. The third-order valence-electron chi connectivity index (χ3n) is 3.77. The first-order valence-electron chi connectivity index (χ1n) is 8.73. The molecule has 0 bridgehead atoms. The number of anilines is 4. The van der Waals surface area contributed by atoms with Crippen LogP contribution in [0, 0.1) is 20.8 Å². The monoisotopic (exact) mass is 348 g/mol. The molecule has 0 radical (unpaired) electrons. The predicted octanol–water partition coefficient (Wildman–Crippen LogP) is 5.29. The average molecular weight is 348 g/mol.